The van der Waals surface area contributed by atoms with Crippen molar-refractivity contribution in [1.82, 2.24) is 0 Å². The summed E-state index contributed by atoms with van der Waals surface area (Å²) >= 11 is 0. The summed E-state index contributed by atoms with van der Waals surface area (Å²) in [6, 6.07) is 17.2. The zero-order valence-corrected chi connectivity index (χ0v) is 14.4. The van der Waals surface area contributed by atoms with Crippen LogP contribution in [0.4, 0.5) is 0 Å². The van der Waals surface area contributed by atoms with Crippen LogP contribution in [-0.4, -0.2) is 39.4 Å². The number of carbonyl (C=O) groups excluding carboxylic acids is 2. The van der Waals surface area contributed by atoms with Gasteiger partial charge in [0.2, 0.25) is 12.1 Å². The van der Waals surface area contributed by atoms with Crippen molar-refractivity contribution < 1.29 is 23.8 Å². The van der Waals surface area contributed by atoms with Gasteiger partial charge in [-0.25, -0.2) is 4.79 Å². The number of Topliss-reactive ketones (excluding diaryl/α,β-unsaturated/α-hetero) is 1. The minimum Gasteiger partial charge on any atom is -0.465 e. The molecule has 0 aromatic heterocycles. The van der Waals surface area contributed by atoms with E-state index < -0.39 is 18.0 Å². The predicted molar refractivity (Wildman–Crippen MR) is 94.7 cm³/mol. The first-order valence-electron chi connectivity index (χ1n) is 7.66. The predicted octanol–water partition coefficient (Wildman–Crippen LogP) is 3.10. The van der Waals surface area contributed by atoms with Crippen molar-refractivity contribution in [3.63, 3.8) is 0 Å². The third-order valence-corrected chi connectivity index (χ3v) is 3.66. The Kier molecular flexibility index (Phi) is 6.62. The van der Waals surface area contributed by atoms with Gasteiger partial charge in [0.05, 0.1) is 7.11 Å². The maximum atomic E-state index is 12.5. The third-order valence-electron chi connectivity index (χ3n) is 3.66. The van der Waals surface area contributed by atoms with Crippen LogP contribution in [0.3, 0.4) is 0 Å². The van der Waals surface area contributed by atoms with Gasteiger partial charge in [-0.15, -0.1) is 0 Å². The van der Waals surface area contributed by atoms with Crippen molar-refractivity contribution in [3.05, 3.63) is 65.7 Å². The monoisotopic (exact) mass is 340 g/mol. The van der Waals surface area contributed by atoms with E-state index in [4.69, 9.17) is 14.2 Å². The molecule has 0 N–H and O–H groups in total. The Morgan fingerprint density at radius 2 is 1.48 bits per heavy atom. The molecule has 0 heterocycles. The lowest BCUT2D eigenvalue weighted by Crippen LogP contribution is -2.29. The van der Waals surface area contributed by atoms with Gasteiger partial charge in [-0.05, 0) is 22.8 Å². The molecule has 0 atom stereocenters. The van der Waals surface area contributed by atoms with Crippen LogP contribution in [0.1, 0.15) is 5.56 Å². The van der Waals surface area contributed by atoms with E-state index in [0.29, 0.717) is 5.56 Å². The van der Waals surface area contributed by atoms with Gasteiger partial charge in [0.25, 0.3) is 0 Å². The van der Waals surface area contributed by atoms with Crippen molar-refractivity contribution in [1.29, 1.82) is 0 Å². The van der Waals surface area contributed by atoms with E-state index in [2.05, 4.69) is 0 Å². The minimum absolute atomic E-state index is 0.139. The Balaban J connectivity index is 2.54. The second-order valence-corrected chi connectivity index (χ2v) is 5.17. The highest BCUT2D eigenvalue weighted by atomic mass is 16.7. The standard InChI is InChI=1S/C20H20O5/c1-23-19(22)17(18(21)20(24-2)25-3)13-15-11-7-8-12-16(15)14-9-5-4-6-10-14/h4-13,20H,1-3H3. The quantitative estimate of drug-likeness (QED) is 0.255. The lowest BCUT2D eigenvalue weighted by atomic mass is 9.97. The second kappa shape index (κ2) is 8.92. The summed E-state index contributed by atoms with van der Waals surface area (Å²) in [6.07, 6.45) is 0.330. The summed E-state index contributed by atoms with van der Waals surface area (Å²) in [5.74, 6) is -1.34. The first-order valence-corrected chi connectivity index (χ1v) is 7.66. The maximum Gasteiger partial charge on any atom is 0.341 e. The third kappa shape index (κ3) is 4.41. The highest BCUT2D eigenvalue weighted by Crippen LogP contribution is 2.26. The number of benzene rings is 2. The Morgan fingerprint density at radius 1 is 0.880 bits per heavy atom. The van der Waals surface area contributed by atoms with E-state index in [1.807, 2.05) is 54.6 Å². The van der Waals surface area contributed by atoms with Gasteiger partial charge in [-0.2, -0.15) is 0 Å². The first kappa shape index (κ1) is 18.6. The first-order chi connectivity index (χ1) is 12.1. The molecule has 2 aromatic rings. The summed E-state index contributed by atoms with van der Waals surface area (Å²) in [5.41, 5.74) is 2.44. The molecular formula is C20H20O5. The van der Waals surface area contributed by atoms with Crippen molar-refractivity contribution in [2.24, 2.45) is 0 Å². The summed E-state index contributed by atoms with van der Waals surface area (Å²) < 4.78 is 14.7. The van der Waals surface area contributed by atoms with Crippen molar-refractivity contribution >= 4 is 17.8 Å². The number of ketones is 1. The number of esters is 1. The molecule has 25 heavy (non-hydrogen) atoms. The van der Waals surface area contributed by atoms with Crippen molar-refractivity contribution in [2.75, 3.05) is 21.3 Å². The molecule has 0 amide bonds. The molecule has 0 fully saturated rings. The van der Waals surface area contributed by atoms with E-state index in [1.54, 1.807) is 0 Å². The van der Waals surface area contributed by atoms with Crippen molar-refractivity contribution in [2.45, 2.75) is 6.29 Å². The summed E-state index contributed by atoms with van der Waals surface area (Å²) in [6.45, 7) is 0. The molecule has 2 rings (SSSR count). The average molecular weight is 340 g/mol. The smallest absolute Gasteiger partial charge is 0.341 e. The minimum atomic E-state index is -1.17. The number of hydrogen-bond donors (Lipinski definition) is 0. The molecular weight excluding hydrogens is 320 g/mol. The number of rotatable bonds is 7. The Labute approximate surface area is 146 Å². The second-order valence-electron chi connectivity index (χ2n) is 5.17. The SMILES string of the molecule is COC(=O)C(=Cc1ccccc1-c1ccccc1)C(=O)C(OC)OC. The van der Waals surface area contributed by atoms with Crippen LogP contribution < -0.4 is 0 Å². The lowest BCUT2D eigenvalue weighted by Gasteiger charge is -2.14. The molecule has 0 bridgehead atoms. The number of methoxy groups -OCH3 is 3. The number of carbonyl (C=O) groups is 2. The van der Waals surface area contributed by atoms with Crippen LogP contribution in [0.15, 0.2) is 60.2 Å². The molecule has 0 spiro atoms. The zero-order chi connectivity index (χ0) is 18.2. The largest absolute Gasteiger partial charge is 0.465 e. The van der Waals surface area contributed by atoms with Gasteiger partial charge in [0, 0.05) is 14.2 Å². The lowest BCUT2D eigenvalue weighted by molar-refractivity contribution is -0.155. The highest BCUT2D eigenvalue weighted by molar-refractivity contribution is 6.22. The molecule has 130 valence electrons. The van der Waals surface area contributed by atoms with Crippen LogP contribution in [0.2, 0.25) is 0 Å². The molecule has 5 nitrogen and oxygen atoms in total. The van der Waals surface area contributed by atoms with Gasteiger partial charge in [-0.3, -0.25) is 4.79 Å². The Hall–Kier alpha value is -2.76. The molecule has 0 unspecified atom stereocenters. The van der Waals surface area contributed by atoms with E-state index in [0.717, 1.165) is 11.1 Å². The number of ether oxygens (including phenoxy) is 3. The molecule has 0 radical (unpaired) electrons. The maximum absolute atomic E-state index is 12.5. The van der Waals surface area contributed by atoms with Gasteiger partial charge in [-0.1, -0.05) is 54.6 Å². The Bertz CT molecular complexity index is 761. The van der Waals surface area contributed by atoms with E-state index in [-0.39, 0.29) is 5.57 Å². The van der Waals surface area contributed by atoms with E-state index >= 15 is 0 Å². The fourth-order valence-corrected chi connectivity index (χ4v) is 2.44. The van der Waals surface area contributed by atoms with Crippen LogP contribution >= 0.6 is 0 Å². The summed E-state index contributed by atoms with van der Waals surface area (Å²) in [5, 5.41) is 0. The normalized spacial score (nSPS) is 11.4. The molecule has 0 aliphatic rings. The van der Waals surface area contributed by atoms with Crippen LogP contribution in [-0.2, 0) is 23.8 Å². The van der Waals surface area contributed by atoms with E-state index in [1.165, 1.54) is 27.4 Å². The highest BCUT2D eigenvalue weighted by Gasteiger charge is 2.27. The van der Waals surface area contributed by atoms with Gasteiger partial charge >= 0.3 is 5.97 Å². The van der Waals surface area contributed by atoms with Gasteiger partial charge < -0.3 is 14.2 Å². The average Bonchev–Trinajstić information content (AvgIpc) is 2.67. The molecule has 0 aliphatic carbocycles. The molecule has 5 heteroatoms. The zero-order valence-electron chi connectivity index (χ0n) is 14.4. The van der Waals surface area contributed by atoms with Gasteiger partial charge in [0.15, 0.2) is 0 Å². The molecule has 2 aromatic carbocycles. The fraction of sp³-hybridized carbons (Fsp3) is 0.200. The number of hydrogen-bond acceptors (Lipinski definition) is 5. The van der Waals surface area contributed by atoms with Crippen LogP contribution in [0, 0.1) is 0 Å². The molecule has 0 saturated heterocycles. The topological polar surface area (TPSA) is 61.8 Å². The molecule has 0 aliphatic heterocycles. The fourth-order valence-electron chi connectivity index (χ4n) is 2.44. The molecule has 0 saturated carbocycles. The van der Waals surface area contributed by atoms with Crippen LogP contribution in [0.25, 0.3) is 17.2 Å². The van der Waals surface area contributed by atoms with Crippen molar-refractivity contribution in [3.8, 4) is 11.1 Å². The van der Waals surface area contributed by atoms with E-state index in [9.17, 15) is 9.59 Å². The summed E-state index contributed by atoms with van der Waals surface area (Å²) in [7, 11) is 3.89. The van der Waals surface area contributed by atoms with Gasteiger partial charge in [0.1, 0.15) is 5.57 Å². The van der Waals surface area contributed by atoms with Crippen LogP contribution in [0.5, 0.6) is 0 Å². The summed E-state index contributed by atoms with van der Waals surface area (Å²) in [4.78, 5) is 24.7. The Morgan fingerprint density at radius 3 is 2.08 bits per heavy atom.